The minimum atomic E-state index is -4.31. The summed E-state index contributed by atoms with van der Waals surface area (Å²) in [5.74, 6) is 0. The maximum atomic E-state index is 10.6. The van der Waals surface area contributed by atoms with Crippen molar-refractivity contribution in [1.29, 1.82) is 0 Å². The van der Waals surface area contributed by atoms with Crippen LogP contribution in [0.25, 0.3) is 0 Å². The Balaban J connectivity index is 2.23. The second-order valence-corrected chi connectivity index (χ2v) is 4.08. The van der Waals surface area contributed by atoms with E-state index in [4.69, 9.17) is 22.7 Å². The van der Waals surface area contributed by atoms with Gasteiger partial charge in [-0.25, -0.2) is 9.82 Å². The largest absolute Gasteiger partial charge is 0.499 e. The van der Waals surface area contributed by atoms with E-state index in [0.29, 0.717) is 12.8 Å². The first-order chi connectivity index (χ1) is 6.03. The fourth-order valence-corrected chi connectivity index (χ4v) is 1.46. The molecule has 1 rings (SSSR count). The van der Waals surface area contributed by atoms with E-state index in [9.17, 15) is 4.57 Å². The van der Waals surface area contributed by atoms with Crippen LogP contribution in [0.4, 0.5) is 0 Å². The van der Waals surface area contributed by atoms with Gasteiger partial charge in [0.25, 0.3) is 0 Å². The van der Waals surface area contributed by atoms with Crippen molar-refractivity contribution >= 4 is 15.7 Å². The second-order valence-electron chi connectivity index (χ2n) is 2.72. The molecule has 74 valence electrons. The highest BCUT2D eigenvalue weighted by molar-refractivity contribution is 7.47. The first kappa shape index (κ1) is 11.2. The maximum absolute atomic E-state index is 10.6. The van der Waals surface area contributed by atoms with Crippen LogP contribution in [0.2, 0.25) is 0 Å². The molecule has 2 radical (unpaired) electrons. The highest BCUT2D eigenvalue weighted by Crippen LogP contribution is 2.42. The van der Waals surface area contributed by atoms with Gasteiger partial charge in [0.15, 0.2) is 0 Å². The van der Waals surface area contributed by atoms with Gasteiger partial charge in [-0.05, 0) is 12.8 Å². The van der Waals surface area contributed by atoms with E-state index in [0.717, 1.165) is 0 Å². The molecule has 0 saturated carbocycles. The lowest BCUT2D eigenvalue weighted by molar-refractivity contribution is -0.164. The van der Waals surface area contributed by atoms with Gasteiger partial charge in [0, 0.05) is 6.00 Å². The first-order valence-corrected chi connectivity index (χ1v) is 5.24. The van der Waals surface area contributed by atoms with Crippen LogP contribution >= 0.6 is 7.82 Å². The number of hydrogen-bond donors (Lipinski definition) is 2. The molecular formula is C5H10BO6P. The summed E-state index contributed by atoms with van der Waals surface area (Å²) in [4.78, 5) is 8.62. The molecule has 0 spiro atoms. The quantitative estimate of drug-likeness (QED) is 0.298. The Kier molecular flexibility index (Phi) is 3.91. The third-order valence-electron chi connectivity index (χ3n) is 1.67. The standard InChI is InChI=1S/C5H10BO6P/c6-5-2-1-4(11-5)3-10-13(8,9)12-7/h4-5,7H,1-3H2,(H,8,9). The molecule has 3 unspecified atom stereocenters. The van der Waals surface area contributed by atoms with E-state index in [-0.39, 0.29) is 18.7 Å². The van der Waals surface area contributed by atoms with Crippen molar-refractivity contribution in [3.63, 3.8) is 0 Å². The summed E-state index contributed by atoms with van der Waals surface area (Å²) in [6, 6.07) is -0.346. The van der Waals surface area contributed by atoms with Gasteiger partial charge >= 0.3 is 7.82 Å². The summed E-state index contributed by atoms with van der Waals surface area (Å²) in [7, 11) is 1.10. The summed E-state index contributed by atoms with van der Waals surface area (Å²) >= 11 is 0. The smallest absolute Gasteiger partial charge is 0.382 e. The van der Waals surface area contributed by atoms with Crippen molar-refractivity contribution in [2.45, 2.75) is 24.9 Å². The monoisotopic (exact) mass is 208 g/mol. The van der Waals surface area contributed by atoms with Gasteiger partial charge in [0.1, 0.15) is 7.85 Å². The van der Waals surface area contributed by atoms with E-state index < -0.39 is 7.82 Å². The third kappa shape index (κ3) is 3.76. The van der Waals surface area contributed by atoms with Crippen LogP contribution < -0.4 is 0 Å². The highest BCUT2D eigenvalue weighted by Gasteiger charge is 2.27. The Bertz CT molecular complexity index is 211. The molecule has 8 heteroatoms. The molecule has 0 aromatic heterocycles. The molecule has 1 fully saturated rings. The Hall–Kier alpha value is 0.0949. The molecule has 1 aliphatic heterocycles. The Morgan fingerprint density at radius 1 is 1.62 bits per heavy atom. The zero-order valence-corrected chi connectivity index (χ0v) is 7.72. The van der Waals surface area contributed by atoms with E-state index in [2.05, 4.69) is 9.20 Å². The zero-order valence-electron chi connectivity index (χ0n) is 6.83. The van der Waals surface area contributed by atoms with E-state index in [1.807, 2.05) is 0 Å². The van der Waals surface area contributed by atoms with Gasteiger partial charge in [0.2, 0.25) is 0 Å². The molecule has 0 aliphatic carbocycles. The first-order valence-electron chi connectivity index (χ1n) is 3.75. The van der Waals surface area contributed by atoms with Crippen LogP contribution in [0.3, 0.4) is 0 Å². The summed E-state index contributed by atoms with van der Waals surface area (Å²) in [6.45, 7) is -0.123. The molecular weight excluding hydrogens is 198 g/mol. The SMILES string of the molecule is [B]C1CCC(COP(=O)(O)OO)O1. The van der Waals surface area contributed by atoms with Gasteiger partial charge in [-0.15, -0.1) is 4.67 Å². The number of hydrogen-bond acceptors (Lipinski definition) is 5. The average Bonchev–Trinajstić information content (AvgIpc) is 2.48. The average molecular weight is 208 g/mol. The van der Waals surface area contributed by atoms with Gasteiger partial charge in [-0.2, -0.15) is 0 Å². The van der Waals surface area contributed by atoms with E-state index in [1.165, 1.54) is 0 Å². The van der Waals surface area contributed by atoms with Crippen molar-refractivity contribution in [3.8, 4) is 0 Å². The number of ether oxygens (including phenoxy) is 1. The molecule has 0 amide bonds. The van der Waals surface area contributed by atoms with Crippen LogP contribution in [-0.2, 0) is 18.5 Å². The van der Waals surface area contributed by atoms with Gasteiger partial charge in [-0.1, -0.05) is 0 Å². The van der Waals surface area contributed by atoms with Crippen molar-refractivity contribution in [2.24, 2.45) is 0 Å². The number of phosphoric ester groups is 1. The van der Waals surface area contributed by atoms with Crippen molar-refractivity contribution in [1.82, 2.24) is 0 Å². The molecule has 0 aromatic rings. The minimum Gasteiger partial charge on any atom is -0.382 e. The predicted octanol–water partition coefficient (Wildman–Crippen LogP) is 0.267. The maximum Gasteiger partial charge on any atom is 0.499 e. The van der Waals surface area contributed by atoms with Crippen molar-refractivity contribution in [3.05, 3.63) is 0 Å². The fraction of sp³-hybridized carbons (Fsp3) is 1.00. The molecule has 2 N–H and O–H groups in total. The predicted molar refractivity (Wildman–Crippen MR) is 43.1 cm³/mol. The lowest BCUT2D eigenvalue weighted by Gasteiger charge is -2.12. The third-order valence-corrected chi connectivity index (χ3v) is 2.35. The summed E-state index contributed by atoms with van der Waals surface area (Å²) in [5, 5.41) is 7.92. The molecule has 6 nitrogen and oxygen atoms in total. The number of phosphoric acid groups is 1. The lowest BCUT2D eigenvalue weighted by atomic mass is 9.97. The molecule has 1 heterocycles. The van der Waals surface area contributed by atoms with Crippen LogP contribution in [0, 0.1) is 0 Å². The molecule has 0 bridgehead atoms. The van der Waals surface area contributed by atoms with E-state index in [1.54, 1.807) is 0 Å². The molecule has 3 atom stereocenters. The Labute approximate surface area is 76.8 Å². The highest BCUT2D eigenvalue weighted by atomic mass is 31.2. The van der Waals surface area contributed by atoms with Crippen LogP contribution in [0.15, 0.2) is 0 Å². The topological polar surface area (TPSA) is 85.2 Å². The molecule has 1 saturated heterocycles. The number of rotatable bonds is 4. The van der Waals surface area contributed by atoms with Gasteiger partial charge < -0.3 is 9.63 Å². The summed E-state index contributed by atoms with van der Waals surface area (Å²) in [5.41, 5.74) is 0. The van der Waals surface area contributed by atoms with Crippen LogP contribution in [0.1, 0.15) is 12.8 Å². The van der Waals surface area contributed by atoms with Crippen LogP contribution in [0.5, 0.6) is 0 Å². The van der Waals surface area contributed by atoms with Crippen molar-refractivity contribution in [2.75, 3.05) is 6.61 Å². The molecule has 0 aromatic carbocycles. The second kappa shape index (κ2) is 4.55. The molecule has 1 aliphatic rings. The van der Waals surface area contributed by atoms with E-state index >= 15 is 0 Å². The molecule has 13 heavy (non-hydrogen) atoms. The Morgan fingerprint density at radius 2 is 2.31 bits per heavy atom. The fourth-order valence-electron chi connectivity index (χ4n) is 1.06. The summed E-state index contributed by atoms with van der Waals surface area (Å²) < 4.78 is 23.3. The summed E-state index contributed by atoms with van der Waals surface area (Å²) in [6.07, 6.45) is 1.03. The van der Waals surface area contributed by atoms with Crippen molar-refractivity contribution < 1.29 is 28.7 Å². The zero-order chi connectivity index (χ0) is 9.90. The van der Waals surface area contributed by atoms with Gasteiger partial charge in [-0.3, -0.25) is 4.52 Å². The minimum absolute atomic E-state index is 0.123. The lowest BCUT2D eigenvalue weighted by Crippen LogP contribution is -2.16. The normalized spacial score (nSPS) is 33.1. The Morgan fingerprint density at radius 3 is 2.77 bits per heavy atom. The van der Waals surface area contributed by atoms with Gasteiger partial charge in [0.05, 0.1) is 12.7 Å². The van der Waals surface area contributed by atoms with Crippen LogP contribution in [-0.4, -0.2) is 36.7 Å².